The van der Waals surface area contributed by atoms with Gasteiger partial charge in [0, 0.05) is 22.0 Å². The largest absolute Gasteiger partial charge is 0.464 e. The number of ether oxygens (including phenoxy) is 1. The van der Waals surface area contributed by atoms with E-state index in [1.807, 2.05) is 49.4 Å². The molecule has 6 heteroatoms. The number of nitrogens with zero attached hydrogens (tertiary/aromatic N) is 2. The zero-order valence-electron chi connectivity index (χ0n) is 14.2. The normalized spacial score (nSPS) is 11.0. The van der Waals surface area contributed by atoms with Crippen molar-refractivity contribution in [3.8, 4) is 17.1 Å². The highest BCUT2D eigenvalue weighted by Crippen LogP contribution is 2.35. The van der Waals surface area contributed by atoms with Crippen molar-refractivity contribution in [1.29, 1.82) is 0 Å². The summed E-state index contributed by atoms with van der Waals surface area (Å²) < 4.78 is 12.6. The number of furan rings is 1. The van der Waals surface area contributed by atoms with E-state index >= 15 is 0 Å². The Morgan fingerprint density at radius 1 is 1.15 bits per heavy atom. The van der Waals surface area contributed by atoms with Gasteiger partial charge in [0.25, 0.3) is 0 Å². The van der Waals surface area contributed by atoms with Crippen LogP contribution in [0.3, 0.4) is 0 Å². The molecule has 0 saturated heterocycles. The second-order valence-electron chi connectivity index (χ2n) is 5.85. The number of halogens is 1. The zero-order chi connectivity index (χ0) is 18.3. The van der Waals surface area contributed by atoms with Crippen molar-refractivity contribution in [2.24, 2.45) is 0 Å². The summed E-state index contributed by atoms with van der Waals surface area (Å²) in [5, 5.41) is 5.98. The average molecular weight is 367 g/mol. The van der Waals surface area contributed by atoms with E-state index in [1.165, 1.54) is 7.11 Å². The fourth-order valence-electron chi connectivity index (χ4n) is 2.95. The van der Waals surface area contributed by atoms with Crippen molar-refractivity contribution in [3.63, 3.8) is 0 Å². The first kappa shape index (κ1) is 16.4. The second-order valence-corrected chi connectivity index (χ2v) is 6.29. The zero-order valence-corrected chi connectivity index (χ0v) is 14.9. The first-order valence-electron chi connectivity index (χ1n) is 8.01. The van der Waals surface area contributed by atoms with Gasteiger partial charge in [-0.1, -0.05) is 29.8 Å². The van der Waals surface area contributed by atoms with Crippen molar-refractivity contribution in [1.82, 2.24) is 9.78 Å². The van der Waals surface area contributed by atoms with Crippen LogP contribution >= 0.6 is 11.6 Å². The van der Waals surface area contributed by atoms with Crippen LogP contribution in [0.15, 0.2) is 59.0 Å². The molecule has 0 radical (unpaired) electrons. The predicted octanol–water partition coefficient (Wildman–Crippen LogP) is 5.03. The van der Waals surface area contributed by atoms with Crippen LogP contribution in [0.1, 0.15) is 16.1 Å². The molecule has 0 saturated carbocycles. The summed E-state index contributed by atoms with van der Waals surface area (Å²) >= 11 is 6.12. The van der Waals surface area contributed by atoms with Gasteiger partial charge in [0.15, 0.2) is 11.5 Å². The third-order valence-corrected chi connectivity index (χ3v) is 4.47. The molecule has 4 rings (SSSR count). The summed E-state index contributed by atoms with van der Waals surface area (Å²) in [6, 6.07) is 16.7. The van der Waals surface area contributed by atoms with Crippen LogP contribution in [-0.4, -0.2) is 22.9 Å². The maximum absolute atomic E-state index is 12.0. The van der Waals surface area contributed by atoms with Gasteiger partial charge in [-0.2, -0.15) is 5.10 Å². The Bertz CT molecular complexity index is 1110. The van der Waals surface area contributed by atoms with Crippen LogP contribution < -0.4 is 0 Å². The van der Waals surface area contributed by atoms with E-state index in [2.05, 4.69) is 5.10 Å². The summed E-state index contributed by atoms with van der Waals surface area (Å²) in [7, 11) is 1.33. The first-order chi connectivity index (χ1) is 12.6. The molecule has 2 heterocycles. The fraction of sp³-hybridized carbons (Fsp3) is 0.100. The third-order valence-electron chi connectivity index (χ3n) is 4.24. The lowest BCUT2D eigenvalue weighted by Gasteiger charge is -2.05. The van der Waals surface area contributed by atoms with E-state index in [4.69, 9.17) is 20.8 Å². The second kappa shape index (κ2) is 6.35. The molecule has 2 aromatic heterocycles. The van der Waals surface area contributed by atoms with E-state index < -0.39 is 5.97 Å². The first-order valence-corrected chi connectivity index (χ1v) is 8.39. The molecule has 0 bridgehead atoms. The van der Waals surface area contributed by atoms with Crippen LogP contribution in [0.5, 0.6) is 0 Å². The van der Waals surface area contributed by atoms with Gasteiger partial charge in [0.05, 0.1) is 12.8 Å². The van der Waals surface area contributed by atoms with E-state index in [0.29, 0.717) is 16.5 Å². The maximum Gasteiger partial charge on any atom is 0.358 e. The van der Waals surface area contributed by atoms with Gasteiger partial charge >= 0.3 is 5.97 Å². The van der Waals surface area contributed by atoms with Crippen molar-refractivity contribution < 1.29 is 13.9 Å². The Kier molecular flexibility index (Phi) is 4.01. The van der Waals surface area contributed by atoms with Gasteiger partial charge in [-0.3, -0.25) is 0 Å². The molecule has 0 N–H and O–H groups in total. The van der Waals surface area contributed by atoms with Crippen molar-refractivity contribution in [2.75, 3.05) is 7.11 Å². The van der Waals surface area contributed by atoms with Gasteiger partial charge in [-0.25, -0.2) is 9.48 Å². The molecule has 0 unspecified atom stereocenters. The minimum absolute atomic E-state index is 0.212. The van der Waals surface area contributed by atoms with Gasteiger partial charge in [-0.15, -0.1) is 0 Å². The van der Waals surface area contributed by atoms with E-state index in [9.17, 15) is 4.79 Å². The van der Waals surface area contributed by atoms with Gasteiger partial charge in [0.1, 0.15) is 11.3 Å². The molecule has 0 aliphatic carbocycles. The van der Waals surface area contributed by atoms with Gasteiger partial charge in [-0.05, 0) is 37.3 Å². The van der Waals surface area contributed by atoms with Crippen molar-refractivity contribution in [2.45, 2.75) is 6.92 Å². The van der Waals surface area contributed by atoms with Crippen LogP contribution in [0.4, 0.5) is 0 Å². The number of hydrogen-bond acceptors (Lipinski definition) is 4. The minimum Gasteiger partial charge on any atom is -0.464 e. The lowest BCUT2D eigenvalue weighted by atomic mass is 10.1. The van der Waals surface area contributed by atoms with Crippen LogP contribution in [0.2, 0.25) is 5.02 Å². The smallest absolute Gasteiger partial charge is 0.358 e. The van der Waals surface area contributed by atoms with Gasteiger partial charge in [0.2, 0.25) is 0 Å². The van der Waals surface area contributed by atoms with E-state index in [1.54, 1.807) is 16.8 Å². The summed E-state index contributed by atoms with van der Waals surface area (Å²) in [5.41, 5.74) is 3.35. The summed E-state index contributed by atoms with van der Waals surface area (Å²) in [4.78, 5) is 12.0. The maximum atomic E-state index is 12.0. The molecule has 130 valence electrons. The molecule has 0 fully saturated rings. The van der Waals surface area contributed by atoms with Crippen molar-refractivity contribution in [3.05, 3.63) is 70.9 Å². The monoisotopic (exact) mass is 366 g/mol. The highest BCUT2D eigenvalue weighted by Gasteiger charge is 2.22. The Morgan fingerprint density at radius 3 is 2.65 bits per heavy atom. The molecule has 0 amide bonds. The lowest BCUT2D eigenvalue weighted by molar-refractivity contribution is 0.0593. The summed E-state index contributed by atoms with van der Waals surface area (Å²) in [5.74, 6) is 0.131. The summed E-state index contributed by atoms with van der Waals surface area (Å²) in [6.45, 7) is 1.96. The molecule has 2 aromatic carbocycles. The Balaban J connectivity index is 1.97. The lowest BCUT2D eigenvalue weighted by Crippen LogP contribution is -2.04. The Hall–Kier alpha value is -3.05. The highest BCUT2D eigenvalue weighted by molar-refractivity contribution is 6.31. The molecule has 5 nitrogen and oxygen atoms in total. The summed E-state index contributed by atoms with van der Waals surface area (Å²) in [6.07, 6.45) is 0. The standard InChI is InChI=1S/C20H15ClN2O3/c1-12-15-10-13(21)8-9-18(15)26-19(12)17-11-16(20(24)25-2)22-23(17)14-6-4-3-5-7-14/h3-11H,1-2H3. The number of carbonyl (C=O) groups is 1. The molecule has 0 spiro atoms. The number of esters is 1. The molecule has 0 aliphatic heterocycles. The number of rotatable bonds is 3. The highest BCUT2D eigenvalue weighted by atomic mass is 35.5. The number of fused-ring (bicyclic) bond motifs is 1. The van der Waals surface area contributed by atoms with Crippen LogP contribution in [0.25, 0.3) is 28.1 Å². The molecule has 26 heavy (non-hydrogen) atoms. The number of aryl methyl sites for hydroxylation is 1. The van der Waals surface area contributed by atoms with E-state index in [-0.39, 0.29) is 5.69 Å². The van der Waals surface area contributed by atoms with Crippen LogP contribution in [-0.2, 0) is 4.74 Å². The minimum atomic E-state index is -0.502. The van der Waals surface area contributed by atoms with Gasteiger partial charge < -0.3 is 9.15 Å². The quantitative estimate of drug-likeness (QED) is 0.477. The molecular weight excluding hydrogens is 352 g/mol. The number of benzene rings is 2. The Morgan fingerprint density at radius 2 is 1.92 bits per heavy atom. The number of hydrogen-bond donors (Lipinski definition) is 0. The molecule has 4 aromatic rings. The molecule has 0 aliphatic rings. The number of aromatic nitrogens is 2. The Labute approximate surface area is 154 Å². The fourth-order valence-corrected chi connectivity index (χ4v) is 3.12. The SMILES string of the molecule is COC(=O)c1cc(-c2oc3ccc(Cl)cc3c2C)n(-c2ccccc2)n1. The van der Waals surface area contributed by atoms with E-state index in [0.717, 1.165) is 22.2 Å². The van der Waals surface area contributed by atoms with Crippen molar-refractivity contribution >= 4 is 28.5 Å². The van der Waals surface area contributed by atoms with Crippen LogP contribution in [0, 0.1) is 6.92 Å². The average Bonchev–Trinajstić information content (AvgIpc) is 3.24. The molecule has 0 atom stereocenters. The molecular formula is C20H15ClN2O3. The number of methoxy groups -OCH3 is 1. The topological polar surface area (TPSA) is 57.3 Å². The third kappa shape index (κ3) is 2.66. The number of carbonyl (C=O) groups excluding carboxylic acids is 1. The predicted molar refractivity (Wildman–Crippen MR) is 99.9 cm³/mol. The number of para-hydroxylation sites is 1.